The quantitative estimate of drug-likeness (QED) is 0.514. The van der Waals surface area contributed by atoms with E-state index < -0.39 is 0 Å². The van der Waals surface area contributed by atoms with E-state index in [1.807, 2.05) is 35.2 Å². The van der Waals surface area contributed by atoms with Crippen LogP contribution >= 0.6 is 11.6 Å². The van der Waals surface area contributed by atoms with E-state index in [2.05, 4.69) is 18.7 Å². The SMILES string of the molecule is CC1CN(C(=O)COc2ccc(Cl)cc2C2CCCCC2)C(C)CN1Cc1ccc(F)cc1. The molecular weight excluding hydrogens is 439 g/mol. The van der Waals surface area contributed by atoms with Crippen molar-refractivity contribution in [3.63, 3.8) is 0 Å². The molecule has 0 aromatic heterocycles. The van der Waals surface area contributed by atoms with Crippen molar-refractivity contribution in [3.8, 4) is 5.75 Å². The Bertz CT molecular complexity index is 946. The average Bonchev–Trinajstić information content (AvgIpc) is 2.82. The lowest BCUT2D eigenvalue weighted by Gasteiger charge is -2.44. The number of hydrogen-bond donors (Lipinski definition) is 0. The maximum absolute atomic E-state index is 13.2. The highest BCUT2D eigenvalue weighted by Crippen LogP contribution is 2.38. The first-order chi connectivity index (χ1) is 15.9. The fourth-order valence-corrected chi connectivity index (χ4v) is 5.38. The van der Waals surface area contributed by atoms with Gasteiger partial charge in [0.05, 0.1) is 0 Å². The first kappa shape index (κ1) is 24.0. The van der Waals surface area contributed by atoms with Gasteiger partial charge in [0, 0.05) is 36.7 Å². The topological polar surface area (TPSA) is 32.8 Å². The van der Waals surface area contributed by atoms with E-state index in [-0.39, 0.29) is 30.4 Å². The van der Waals surface area contributed by atoms with Crippen molar-refractivity contribution in [1.82, 2.24) is 9.80 Å². The van der Waals surface area contributed by atoms with Crippen LogP contribution in [0.4, 0.5) is 4.39 Å². The van der Waals surface area contributed by atoms with Crippen molar-refractivity contribution in [3.05, 3.63) is 64.4 Å². The van der Waals surface area contributed by atoms with Crippen LogP contribution in [0.15, 0.2) is 42.5 Å². The summed E-state index contributed by atoms with van der Waals surface area (Å²) in [7, 11) is 0. The molecule has 1 heterocycles. The molecule has 1 saturated carbocycles. The Kier molecular flexibility index (Phi) is 7.92. The zero-order chi connectivity index (χ0) is 23.4. The highest BCUT2D eigenvalue weighted by molar-refractivity contribution is 6.30. The minimum Gasteiger partial charge on any atom is -0.483 e. The number of halogens is 2. The lowest BCUT2D eigenvalue weighted by molar-refractivity contribution is -0.139. The predicted octanol–water partition coefficient (Wildman–Crippen LogP) is 6.03. The Morgan fingerprint density at radius 2 is 1.76 bits per heavy atom. The molecule has 1 aliphatic heterocycles. The number of piperazine rings is 1. The maximum atomic E-state index is 13.2. The van der Waals surface area contributed by atoms with Gasteiger partial charge < -0.3 is 9.64 Å². The first-order valence-corrected chi connectivity index (χ1v) is 12.5. The summed E-state index contributed by atoms with van der Waals surface area (Å²) in [6.45, 7) is 6.43. The molecule has 0 N–H and O–H groups in total. The molecule has 2 aliphatic rings. The van der Waals surface area contributed by atoms with E-state index in [0.29, 0.717) is 17.5 Å². The molecular formula is C27H34ClFN2O2. The largest absolute Gasteiger partial charge is 0.483 e. The van der Waals surface area contributed by atoms with Crippen LogP contribution in [0, 0.1) is 5.82 Å². The van der Waals surface area contributed by atoms with E-state index >= 15 is 0 Å². The van der Waals surface area contributed by atoms with Crippen molar-refractivity contribution in [2.24, 2.45) is 0 Å². The average molecular weight is 473 g/mol. The third kappa shape index (κ3) is 6.07. The van der Waals surface area contributed by atoms with Gasteiger partial charge >= 0.3 is 0 Å². The molecule has 2 atom stereocenters. The Morgan fingerprint density at radius 1 is 1.03 bits per heavy atom. The van der Waals surface area contributed by atoms with Crippen LogP contribution in [0.2, 0.25) is 5.02 Å². The van der Waals surface area contributed by atoms with Crippen LogP contribution in [0.1, 0.15) is 63.0 Å². The lowest BCUT2D eigenvalue weighted by Crippen LogP contribution is -2.58. The van der Waals surface area contributed by atoms with E-state index in [1.54, 1.807) is 0 Å². The molecule has 178 valence electrons. The molecule has 0 spiro atoms. The second-order valence-corrected chi connectivity index (χ2v) is 10.0. The Labute approximate surface area is 201 Å². The third-order valence-electron chi connectivity index (χ3n) is 7.10. The van der Waals surface area contributed by atoms with Gasteiger partial charge in [-0.2, -0.15) is 0 Å². The molecule has 0 radical (unpaired) electrons. The summed E-state index contributed by atoms with van der Waals surface area (Å²) in [4.78, 5) is 17.4. The molecule has 6 heteroatoms. The molecule has 4 nitrogen and oxygen atoms in total. The van der Waals surface area contributed by atoms with Crippen LogP contribution < -0.4 is 4.74 Å². The van der Waals surface area contributed by atoms with Crippen molar-refractivity contribution in [2.75, 3.05) is 19.7 Å². The summed E-state index contributed by atoms with van der Waals surface area (Å²) in [6.07, 6.45) is 6.04. The van der Waals surface area contributed by atoms with Crippen molar-refractivity contribution in [1.29, 1.82) is 0 Å². The summed E-state index contributed by atoms with van der Waals surface area (Å²) >= 11 is 6.28. The summed E-state index contributed by atoms with van der Waals surface area (Å²) < 4.78 is 19.3. The summed E-state index contributed by atoms with van der Waals surface area (Å²) in [5.41, 5.74) is 2.22. The molecule has 2 fully saturated rings. The summed E-state index contributed by atoms with van der Waals surface area (Å²) in [6, 6.07) is 12.7. The molecule has 2 aromatic carbocycles. The fraction of sp³-hybridized carbons (Fsp3) is 0.519. The normalized spacial score (nSPS) is 22.4. The maximum Gasteiger partial charge on any atom is 0.260 e. The molecule has 1 saturated heterocycles. The van der Waals surface area contributed by atoms with Gasteiger partial charge in [0.15, 0.2) is 6.61 Å². The van der Waals surface area contributed by atoms with Gasteiger partial charge in [0.2, 0.25) is 0 Å². The number of benzene rings is 2. The van der Waals surface area contributed by atoms with E-state index in [9.17, 15) is 9.18 Å². The number of nitrogens with zero attached hydrogens (tertiary/aromatic N) is 2. The minimum absolute atomic E-state index is 0.0142. The van der Waals surface area contributed by atoms with Crippen LogP contribution in [0.5, 0.6) is 5.75 Å². The van der Waals surface area contributed by atoms with Gasteiger partial charge in [-0.25, -0.2) is 4.39 Å². The number of amides is 1. The molecule has 1 amide bonds. The number of hydrogen-bond acceptors (Lipinski definition) is 3. The van der Waals surface area contributed by atoms with Gasteiger partial charge in [-0.3, -0.25) is 9.69 Å². The van der Waals surface area contributed by atoms with Gasteiger partial charge in [-0.05, 0) is 74.1 Å². The highest BCUT2D eigenvalue weighted by Gasteiger charge is 2.32. The Hall–Kier alpha value is -2.11. The number of rotatable bonds is 6. The zero-order valence-corrected chi connectivity index (χ0v) is 20.4. The van der Waals surface area contributed by atoms with E-state index in [4.69, 9.17) is 16.3 Å². The van der Waals surface area contributed by atoms with Gasteiger partial charge in [-0.1, -0.05) is 43.0 Å². The number of ether oxygens (including phenoxy) is 1. The van der Waals surface area contributed by atoms with Crippen LogP contribution in [-0.4, -0.2) is 47.5 Å². The summed E-state index contributed by atoms with van der Waals surface area (Å²) in [5, 5.41) is 0.717. The van der Waals surface area contributed by atoms with E-state index in [0.717, 1.165) is 42.8 Å². The van der Waals surface area contributed by atoms with Crippen LogP contribution in [0.3, 0.4) is 0 Å². The zero-order valence-electron chi connectivity index (χ0n) is 19.6. The van der Waals surface area contributed by atoms with Gasteiger partial charge in [0.25, 0.3) is 5.91 Å². The molecule has 33 heavy (non-hydrogen) atoms. The fourth-order valence-electron chi connectivity index (χ4n) is 5.20. The molecule has 4 rings (SSSR count). The standard InChI is InChI=1S/C27H34ClFN2O2/c1-19-16-31(20(2)15-30(19)17-21-8-11-24(29)12-9-21)27(32)18-33-26-13-10-23(28)14-25(26)22-6-4-3-5-7-22/h8-14,19-20,22H,3-7,15-18H2,1-2H3. The molecule has 2 unspecified atom stereocenters. The molecule has 1 aliphatic carbocycles. The molecule has 2 aromatic rings. The van der Waals surface area contributed by atoms with Crippen LogP contribution in [-0.2, 0) is 11.3 Å². The lowest BCUT2D eigenvalue weighted by atomic mass is 9.84. The van der Waals surface area contributed by atoms with Crippen LogP contribution in [0.25, 0.3) is 0 Å². The Balaban J connectivity index is 1.36. The smallest absolute Gasteiger partial charge is 0.260 e. The second-order valence-electron chi connectivity index (χ2n) is 9.61. The highest BCUT2D eigenvalue weighted by atomic mass is 35.5. The van der Waals surface area contributed by atoms with Crippen molar-refractivity contribution >= 4 is 17.5 Å². The monoisotopic (exact) mass is 472 g/mol. The second kappa shape index (κ2) is 10.9. The first-order valence-electron chi connectivity index (χ1n) is 12.1. The minimum atomic E-state index is -0.220. The predicted molar refractivity (Wildman–Crippen MR) is 130 cm³/mol. The number of carbonyl (C=O) groups is 1. The van der Waals surface area contributed by atoms with Gasteiger partial charge in [0.1, 0.15) is 11.6 Å². The van der Waals surface area contributed by atoms with E-state index in [1.165, 1.54) is 31.4 Å². The third-order valence-corrected chi connectivity index (χ3v) is 7.34. The van der Waals surface area contributed by atoms with Crippen molar-refractivity contribution in [2.45, 2.75) is 70.5 Å². The van der Waals surface area contributed by atoms with Crippen molar-refractivity contribution < 1.29 is 13.9 Å². The Morgan fingerprint density at radius 3 is 2.48 bits per heavy atom. The number of carbonyl (C=O) groups excluding carboxylic acids is 1. The molecule has 0 bridgehead atoms. The van der Waals surface area contributed by atoms with Gasteiger partial charge in [-0.15, -0.1) is 0 Å². The summed E-state index contributed by atoms with van der Waals surface area (Å²) in [5.74, 6) is 1.04.